The van der Waals surface area contributed by atoms with Crippen molar-refractivity contribution in [3.05, 3.63) is 47.4 Å². The van der Waals surface area contributed by atoms with E-state index >= 15 is 0 Å². The normalized spacial score (nSPS) is 12.2. The number of rotatable bonds is 7. The van der Waals surface area contributed by atoms with E-state index in [0.29, 0.717) is 18.0 Å². The first kappa shape index (κ1) is 15.4. The van der Waals surface area contributed by atoms with E-state index < -0.39 is 0 Å². The van der Waals surface area contributed by atoms with Crippen LogP contribution in [0.25, 0.3) is 0 Å². The number of aryl methyl sites for hydroxylation is 1. The second-order valence-electron chi connectivity index (χ2n) is 4.77. The molecule has 5 nitrogen and oxygen atoms in total. The number of aliphatic hydroxyl groups excluding tert-OH is 1. The van der Waals surface area contributed by atoms with Crippen molar-refractivity contribution in [2.45, 2.75) is 19.5 Å². The molecular formula is C16H21NO4. The standard InChI is InChI=1S/C16H21NO4/c1-11-7-15(19-2)16(20-3)8-12(11)9-17-13(10-18)14-5-4-6-21-14/h4-8,13,17-18H,9-10H2,1-3H3/t13-/m1/s1. The molecule has 0 spiro atoms. The Bertz CT molecular complexity index is 566. The van der Waals surface area contributed by atoms with Crippen LogP contribution < -0.4 is 14.8 Å². The van der Waals surface area contributed by atoms with Crippen molar-refractivity contribution in [2.24, 2.45) is 0 Å². The molecule has 114 valence electrons. The van der Waals surface area contributed by atoms with Crippen LogP contribution in [-0.4, -0.2) is 25.9 Å². The largest absolute Gasteiger partial charge is 0.493 e. The average molecular weight is 291 g/mol. The number of aliphatic hydroxyl groups is 1. The Morgan fingerprint density at radius 3 is 2.52 bits per heavy atom. The second kappa shape index (κ2) is 7.15. The van der Waals surface area contributed by atoms with Gasteiger partial charge in [0.15, 0.2) is 11.5 Å². The van der Waals surface area contributed by atoms with Crippen molar-refractivity contribution < 1.29 is 19.0 Å². The molecule has 0 aliphatic carbocycles. The fraction of sp³-hybridized carbons (Fsp3) is 0.375. The van der Waals surface area contributed by atoms with E-state index in [-0.39, 0.29) is 12.6 Å². The van der Waals surface area contributed by atoms with E-state index in [4.69, 9.17) is 13.9 Å². The third-order valence-corrected chi connectivity index (χ3v) is 3.45. The summed E-state index contributed by atoms with van der Waals surface area (Å²) in [5.41, 5.74) is 2.17. The monoisotopic (exact) mass is 291 g/mol. The first-order valence-electron chi connectivity index (χ1n) is 6.78. The first-order valence-corrected chi connectivity index (χ1v) is 6.78. The molecule has 2 aromatic rings. The minimum atomic E-state index is -0.229. The van der Waals surface area contributed by atoms with Crippen LogP contribution in [0.15, 0.2) is 34.9 Å². The Balaban J connectivity index is 2.12. The lowest BCUT2D eigenvalue weighted by Gasteiger charge is -2.17. The van der Waals surface area contributed by atoms with E-state index in [1.54, 1.807) is 26.5 Å². The summed E-state index contributed by atoms with van der Waals surface area (Å²) in [4.78, 5) is 0. The molecular weight excluding hydrogens is 270 g/mol. The van der Waals surface area contributed by atoms with Crippen molar-refractivity contribution in [1.82, 2.24) is 5.32 Å². The van der Waals surface area contributed by atoms with Crippen LogP contribution in [0, 0.1) is 6.92 Å². The highest BCUT2D eigenvalue weighted by Crippen LogP contribution is 2.30. The number of nitrogens with one attached hydrogen (secondary N) is 1. The maximum atomic E-state index is 9.46. The lowest BCUT2D eigenvalue weighted by molar-refractivity contribution is 0.225. The molecule has 1 aromatic carbocycles. The maximum Gasteiger partial charge on any atom is 0.161 e. The fourth-order valence-corrected chi connectivity index (χ4v) is 2.19. The zero-order valence-electron chi connectivity index (χ0n) is 12.6. The summed E-state index contributed by atoms with van der Waals surface area (Å²) >= 11 is 0. The topological polar surface area (TPSA) is 63.9 Å². The SMILES string of the molecule is COc1cc(C)c(CN[C@H](CO)c2ccco2)cc1OC. The Morgan fingerprint density at radius 1 is 1.24 bits per heavy atom. The molecule has 1 heterocycles. The Labute approximate surface area is 124 Å². The van der Waals surface area contributed by atoms with Crippen molar-refractivity contribution in [2.75, 3.05) is 20.8 Å². The van der Waals surface area contributed by atoms with Crippen LogP contribution in [0.4, 0.5) is 0 Å². The molecule has 1 atom stereocenters. The number of benzene rings is 1. The zero-order chi connectivity index (χ0) is 15.2. The van der Waals surface area contributed by atoms with Crippen LogP contribution in [-0.2, 0) is 6.54 Å². The summed E-state index contributed by atoms with van der Waals surface area (Å²) in [6.07, 6.45) is 1.60. The van der Waals surface area contributed by atoms with Crippen molar-refractivity contribution in [3.8, 4) is 11.5 Å². The van der Waals surface area contributed by atoms with Crippen LogP contribution in [0.1, 0.15) is 22.9 Å². The second-order valence-corrected chi connectivity index (χ2v) is 4.77. The third-order valence-electron chi connectivity index (χ3n) is 3.45. The average Bonchev–Trinajstić information content (AvgIpc) is 3.03. The lowest BCUT2D eigenvalue weighted by Crippen LogP contribution is -2.24. The van der Waals surface area contributed by atoms with Crippen molar-refractivity contribution >= 4 is 0 Å². The molecule has 21 heavy (non-hydrogen) atoms. The molecule has 0 aliphatic heterocycles. The molecule has 0 bridgehead atoms. The summed E-state index contributed by atoms with van der Waals surface area (Å²) < 4.78 is 15.9. The maximum absolute atomic E-state index is 9.46. The number of hydrogen-bond donors (Lipinski definition) is 2. The van der Waals surface area contributed by atoms with Gasteiger partial charge in [0.05, 0.1) is 33.1 Å². The van der Waals surface area contributed by atoms with Gasteiger partial charge in [-0.15, -0.1) is 0 Å². The van der Waals surface area contributed by atoms with E-state index in [1.807, 2.05) is 25.1 Å². The van der Waals surface area contributed by atoms with Gasteiger partial charge in [-0.05, 0) is 42.3 Å². The van der Waals surface area contributed by atoms with E-state index in [9.17, 15) is 5.11 Å². The van der Waals surface area contributed by atoms with Gasteiger partial charge in [0.1, 0.15) is 5.76 Å². The molecule has 0 saturated carbocycles. The van der Waals surface area contributed by atoms with E-state index in [2.05, 4.69) is 5.32 Å². The molecule has 0 unspecified atom stereocenters. The minimum Gasteiger partial charge on any atom is -0.493 e. The molecule has 0 aliphatic rings. The lowest BCUT2D eigenvalue weighted by atomic mass is 10.1. The summed E-state index contributed by atoms with van der Waals surface area (Å²) in [6.45, 7) is 2.58. The highest BCUT2D eigenvalue weighted by Gasteiger charge is 2.14. The highest BCUT2D eigenvalue weighted by atomic mass is 16.5. The van der Waals surface area contributed by atoms with E-state index in [0.717, 1.165) is 16.9 Å². The molecule has 1 aromatic heterocycles. The summed E-state index contributed by atoms with van der Waals surface area (Å²) in [6, 6.07) is 7.30. The van der Waals surface area contributed by atoms with Gasteiger partial charge >= 0.3 is 0 Å². The van der Waals surface area contributed by atoms with Crippen LogP contribution >= 0.6 is 0 Å². The van der Waals surface area contributed by atoms with E-state index in [1.165, 1.54) is 0 Å². The number of hydrogen-bond acceptors (Lipinski definition) is 5. The first-order chi connectivity index (χ1) is 10.2. The zero-order valence-corrected chi connectivity index (χ0v) is 12.6. The molecule has 5 heteroatoms. The smallest absolute Gasteiger partial charge is 0.161 e. The molecule has 0 amide bonds. The van der Waals surface area contributed by atoms with Crippen LogP contribution in [0.2, 0.25) is 0 Å². The Morgan fingerprint density at radius 2 is 1.95 bits per heavy atom. The van der Waals surface area contributed by atoms with Gasteiger partial charge < -0.3 is 24.3 Å². The quantitative estimate of drug-likeness (QED) is 0.820. The number of methoxy groups -OCH3 is 2. The summed E-state index contributed by atoms with van der Waals surface area (Å²) in [5.74, 6) is 2.12. The van der Waals surface area contributed by atoms with Gasteiger partial charge in [-0.3, -0.25) is 0 Å². The van der Waals surface area contributed by atoms with Gasteiger partial charge in [0.25, 0.3) is 0 Å². The predicted octanol–water partition coefficient (Wildman–Crippen LogP) is 2.43. The van der Waals surface area contributed by atoms with Crippen LogP contribution in [0.5, 0.6) is 11.5 Å². The van der Waals surface area contributed by atoms with Gasteiger partial charge in [-0.1, -0.05) is 0 Å². The van der Waals surface area contributed by atoms with Gasteiger partial charge in [0, 0.05) is 6.54 Å². The number of ether oxygens (including phenoxy) is 2. The number of furan rings is 1. The van der Waals surface area contributed by atoms with Crippen molar-refractivity contribution in [1.29, 1.82) is 0 Å². The Kier molecular flexibility index (Phi) is 5.25. The minimum absolute atomic E-state index is 0.0279. The summed E-state index contributed by atoms with van der Waals surface area (Å²) in [5, 5.41) is 12.7. The highest BCUT2D eigenvalue weighted by molar-refractivity contribution is 5.47. The predicted molar refractivity (Wildman–Crippen MR) is 79.7 cm³/mol. The van der Waals surface area contributed by atoms with Gasteiger partial charge in [-0.2, -0.15) is 0 Å². The van der Waals surface area contributed by atoms with Gasteiger partial charge in [-0.25, -0.2) is 0 Å². The molecule has 2 rings (SSSR count). The molecule has 0 radical (unpaired) electrons. The molecule has 0 saturated heterocycles. The molecule has 2 N–H and O–H groups in total. The fourth-order valence-electron chi connectivity index (χ4n) is 2.19. The van der Waals surface area contributed by atoms with Crippen molar-refractivity contribution in [3.63, 3.8) is 0 Å². The van der Waals surface area contributed by atoms with Gasteiger partial charge in [0.2, 0.25) is 0 Å². The summed E-state index contributed by atoms with van der Waals surface area (Å²) in [7, 11) is 3.23. The van der Waals surface area contributed by atoms with Crippen LogP contribution in [0.3, 0.4) is 0 Å². The molecule has 0 fully saturated rings. The Hall–Kier alpha value is -1.98. The third kappa shape index (κ3) is 3.56.